The van der Waals surface area contributed by atoms with Crippen molar-refractivity contribution in [1.29, 1.82) is 0 Å². The van der Waals surface area contributed by atoms with E-state index in [1.807, 2.05) is 23.1 Å². The average molecular weight is 351 g/mol. The van der Waals surface area contributed by atoms with Gasteiger partial charge in [-0.3, -0.25) is 9.78 Å². The van der Waals surface area contributed by atoms with Crippen LogP contribution in [0.15, 0.2) is 42.9 Å². The van der Waals surface area contributed by atoms with Gasteiger partial charge in [0.15, 0.2) is 5.82 Å². The SMILES string of the molecule is O=C(Cc1nc2ncccn2n1)N(Cc1ccccn1)C1CCNCC1. The van der Waals surface area contributed by atoms with Gasteiger partial charge in [-0.25, -0.2) is 9.50 Å². The number of amides is 1. The van der Waals surface area contributed by atoms with Gasteiger partial charge in [0.25, 0.3) is 5.78 Å². The van der Waals surface area contributed by atoms with Gasteiger partial charge in [-0.15, -0.1) is 5.10 Å². The van der Waals surface area contributed by atoms with Crippen molar-refractivity contribution in [2.75, 3.05) is 13.1 Å². The summed E-state index contributed by atoms with van der Waals surface area (Å²) >= 11 is 0. The second-order valence-corrected chi connectivity index (χ2v) is 6.39. The van der Waals surface area contributed by atoms with Gasteiger partial charge in [0, 0.05) is 24.6 Å². The van der Waals surface area contributed by atoms with Crippen LogP contribution in [0.1, 0.15) is 24.4 Å². The number of aromatic nitrogens is 5. The summed E-state index contributed by atoms with van der Waals surface area (Å²) in [5.74, 6) is 1.03. The molecule has 0 aliphatic carbocycles. The average Bonchev–Trinajstić information content (AvgIpc) is 3.09. The minimum absolute atomic E-state index is 0.0264. The van der Waals surface area contributed by atoms with Crippen molar-refractivity contribution in [3.63, 3.8) is 0 Å². The number of nitrogens with zero attached hydrogens (tertiary/aromatic N) is 6. The third-order valence-corrected chi connectivity index (χ3v) is 4.60. The molecule has 1 aliphatic heterocycles. The first kappa shape index (κ1) is 16.6. The number of hydrogen-bond acceptors (Lipinski definition) is 6. The molecule has 0 radical (unpaired) electrons. The molecule has 0 saturated carbocycles. The lowest BCUT2D eigenvalue weighted by atomic mass is 10.0. The Morgan fingerprint density at radius 3 is 2.81 bits per heavy atom. The standard InChI is InChI=1S/C18H21N7O/c26-17(12-16-22-18-21-8-3-11-25(18)23-16)24(15-5-9-19-10-6-15)13-14-4-1-2-7-20-14/h1-4,7-8,11,15,19H,5-6,9-10,12-13H2. The van der Waals surface area contributed by atoms with E-state index in [4.69, 9.17) is 0 Å². The summed E-state index contributed by atoms with van der Waals surface area (Å²) in [7, 11) is 0. The number of pyridine rings is 1. The maximum Gasteiger partial charge on any atom is 0.252 e. The second kappa shape index (κ2) is 7.57. The highest BCUT2D eigenvalue weighted by Crippen LogP contribution is 2.16. The molecular formula is C18H21N7O. The molecule has 3 aromatic rings. The summed E-state index contributed by atoms with van der Waals surface area (Å²) in [5.41, 5.74) is 0.893. The van der Waals surface area contributed by atoms with Gasteiger partial charge < -0.3 is 10.2 Å². The zero-order valence-corrected chi connectivity index (χ0v) is 14.5. The molecule has 0 spiro atoms. The molecule has 4 heterocycles. The van der Waals surface area contributed by atoms with Crippen LogP contribution in [0.5, 0.6) is 0 Å². The summed E-state index contributed by atoms with van der Waals surface area (Å²) in [4.78, 5) is 27.9. The van der Waals surface area contributed by atoms with Crippen LogP contribution < -0.4 is 5.32 Å². The Kier molecular flexibility index (Phi) is 4.83. The molecule has 1 fully saturated rings. The second-order valence-electron chi connectivity index (χ2n) is 6.39. The highest BCUT2D eigenvalue weighted by atomic mass is 16.2. The van der Waals surface area contributed by atoms with Gasteiger partial charge in [-0.1, -0.05) is 6.07 Å². The zero-order chi connectivity index (χ0) is 17.8. The van der Waals surface area contributed by atoms with Gasteiger partial charge in [-0.05, 0) is 44.1 Å². The zero-order valence-electron chi connectivity index (χ0n) is 14.5. The highest BCUT2D eigenvalue weighted by molar-refractivity contribution is 5.78. The summed E-state index contributed by atoms with van der Waals surface area (Å²) in [6.45, 7) is 2.36. The van der Waals surface area contributed by atoms with Crippen LogP contribution in [0.4, 0.5) is 0 Å². The predicted molar refractivity (Wildman–Crippen MR) is 95.2 cm³/mol. The Balaban J connectivity index is 1.54. The minimum Gasteiger partial charge on any atom is -0.333 e. The Bertz CT molecular complexity index is 840. The number of carbonyl (C=O) groups excluding carboxylic acids is 1. The van der Waals surface area contributed by atoms with Crippen molar-refractivity contribution in [1.82, 2.24) is 34.8 Å². The van der Waals surface area contributed by atoms with Gasteiger partial charge in [0.1, 0.15) is 0 Å². The van der Waals surface area contributed by atoms with E-state index in [-0.39, 0.29) is 18.4 Å². The van der Waals surface area contributed by atoms with E-state index >= 15 is 0 Å². The van der Waals surface area contributed by atoms with Crippen molar-refractivity contribution >= 4 is 11.7 Å². The first-order valence-corrected chi connectivity index (χ1v) is 8.86. The summed E-state index contributed by atoms with van der Waals surface area (Å²) in [6, 6.07) is 7.78. The van der Waals surface area contributed by atoms with Crippen LogP contribution in [0.3, 0.4) is 0 Å². The Morgan fingerprint density at radius 2 is 2.04 bits per heavy atom. The largest absolute Gasteiger partial charge is 0.333 e. The van der Waals surface area contributed by atoms with Crippen molar-refractivity contribution in [3.05, 3.63) is 54.4 Å². The molecule has 3 aromatic heterocycles. The lowest BCUT2D eigenvalue weighted by Gasteiger charge is -2.34. The fraction of sp³-hybridized carbons (Fsp3) is 0.389. The first-order valence-electron chi connectivity index (χ1n) is 8.86. The Morgan fingerprint density at radius 1 is 1.19 bits per heavy atom. The van der Waals surface area contributed by atoms with Gasteiger partial charge in [-0.2, -0.15) is 4.98 Å². The number of hydrogen-bond donors (Lipinski definition) is 1. The summed E-state index contributed by atoms with van der Waals surface area (Å²) < 4.78 is 1.59. The van der Waals surface area contributed by atoms with E-state index in [0.717, 1.165) is 31.6 Å². The fourth-order valence-electron chi connectivity index (χ4n) is 3.29. The van der Waals surface area contributed by atoms with Crippen LogP contribution in [-0.2, 0) is 17.8 Å². The topological polar surface area (TPSA) is 88.3 Å². The Hall–Kier alpha value is -2.87. The number of rotatable bonds is 5. The number of piperidine rings is 1. The van der Waals surface area contributed by atoms with Crippen LogP contribution >= 0.6 is 0 Å². The van der Waals surface area contributed by atoms with Crippen molar-refractivity contribution in [2.45, 2.75) is 31.8 Å². The number of fused-ring (bicyclic) bond motifs is 1. The van der Waals surface area contributed by atoms with E-state index < -0.39 is 0 Å². The van der Waals surface area contributed by atoms with Crippen LogP contribution in [0, 0.1) is 0 Å². The molecule has 1 aliphatic rings. The predicted octanol–water partition coefficient (Wildman–Crippen LogP) is 0.843. The molecule has 0 atom stereocenters. The summed E-state index contributed by atoms with van der Waals surface area (Å²) in [5, 5.41) is 7.70. The fourth-order valence-corrected chi connectivity index (χ4v) is 3.29. The molecular weight excluding hydrogens is 330 g/mol. The van der Waals surface area contributed by atoms with Crippen molar-refractivity contribution in [2.24, 2.45) is 0 Å². The maximum atomic E-state index is 13.1. The molecule has 1 N–H and O–H groups in total. The number of nitrogens with one attached hydrogen (secondary N) is 1. The molecule has 1 amide bonds. The van der Waals surface area contributed by atoms with Crippen molar-refractivity contribution in [3.8, 4) is 0 Å². The highest BCUT2D eigenvalue weighted by Gasteiger charge is 2.26. The number of carbonyl (C=O) groups is 1. The molecule has 8 heteroatoms. The molecule has 134 valence electrons. The lowest BCUT2D eigenvalue weighted by Crippen LogP contribution is -2.46. The van der Waals surface area contributed by atoms with E-state index in [9.17, 15) is 4.79 Å². The van der Waals surface area contributed by atoms with Gasteiger partial charge >= 0.3 is 0 Å². The molecule has 26 heavy (non-hydrogen) atoms. The summed E-state index contributed by atoms with van der Waals surface area (Å²) in [6.07, 6.45) is 7.26. The molecule has 0 aromatic carbocycles. The van der Waals surface area contributed by atoms with E-state index in [1.165, 1.54) is 0 Å². The van der Waals surface area contributed by atoms with Gasteiger partial charge in [0.05, 0.1) is 18.7 Å². The molecule has 8 nitrogen and oxygen atoms in total. The van der Waals surface area contributed by atoms with Crippen molar-refractivity contribution < 1.29 is 4.79 Å². The van der Waals surface area contributed by atoms with E-state index in [2.05, 4.69) is 25.4 Å². The quantitative estimate of drug-likeness (QED) is 0.733. The molecule has 0 unspecified atom stereocenters. The van der Waals surface area contributed by atoms with Crippen LogP contribution in [-0.4, -0.2) is 54.5 Å². The van der Waals surface area contributed by atoms with Gasteiger partial charge in [0.2, 0.25) is 5.91 Å². The monoisotopic (exact) mass is 351 g/mol. The van der Waals surface area contributed by atoms with Crippen LogP contribution in [0.25, 0.3) is 5.78 Å². The first-order chi connectivity index (χ1) is 12.8. The van der Waals surface area contributed by atoms with Crippen LogP contribution in [0.2, 0.25) is 0 Å². The molecule has 1 saturated heterocycles. The minimum atomic E-state index is 0.0264. The molecule has 0 bridgehead atoms. The Labute approximate surface area is 151 Å². The normalized spacial score (nSPS) is 15.2. The molecule has 4 rings (SSSR count). The third-order valence-electron chi connectivity index (χ3n) is 4.60. The van der Waals surface area contributed by atoms with E-state index in [1.54, 1.807) is 29.2 Å². The third kappa shape index (κ3) is 3.70. The van der Waals surface area contributed by atoms with E-state index in [0.29, 0.717) is 18.1 Å². The smallest absolute Gasteiger partial charge is 0.252 e. The lowest BCUT2D eigenvalue weighted by molar-refractivity contribution is -0.134. The maximum absolute atomic E-state index is 13.1.